The summed E-state index contributed by atoms with van der Waals surface area (Å²) in [5.41, 5.74) is 0. The molecule has 0 radical (unpaired) electrons. The molecule has 0 aliphatic carbocycles. The summed E-state index contributed by atoms with van der Waals surface area (Å²) in [5.74, 6) is -0.808. The third-order valence-corrected chi connectivity index (χ3v) is 9.20. The first-order chi connectivity index (χ1) is 22.3. The topological polar surface area (TPSA) is 108 Å². The molecule has 0 amide bonds. The molecule has 0 spiro atoms. The molecule has 0 aliphatic heterocycles. The standard InChI is InChI=1S/C37H71O8P/c1-4-6-8-10-12-14-16-17-18-19-20-22-23-25-27-29-31-36(38)43-33-35(34-44-46(40,41)42-3)45-37(39)32-30-28-26-24-21-15-13-11-9-7-5-2/h11,13,35H,4-10,12,14-34H2,1-3H3,(H,40,41)/b13-11-. The number of unbranched alkanes of at least 4 members (excludes halogenated alkanes) is 22. The highest BCUT2D eigenvalue weighted by molar-refractivity contribution is 7.47. The van der Waals surface area contributed by atoms with Gasteiger partial charge in [-0.25, -0.2) is 4.57 Å². The molecule has 0 aromatic heterocycles. The molecule has 46 heavy (non-hydrogen) atoms. The van der Waals surface area contributed by atoms with Crippen LogP contribution in [-0.2, 0) is 32.7 Å². The average molecular weight is 675 g/mol. The normalized spacial score (nSPS) is 13.6. The van der Waals surface area contributed by atoms with Gasteiger partial charge in [0.2, 0.25) is 0 Å². The van der Waals surface area contributed by atoms with Crippen LogP contribution >= 0.6 is 7.82 Å². The van der Waals surface area contributed by atoms with Gasteiger partial charge in [0.1, 0.15) is 6.61 Å². The maximum atomic E-state index is 12.4. The second-order valence-corrected chi connectivity index (χ2v) is 14.3. The second-order valence-electron chi connectivity index (χ2n) is 12.7. The lowest BCUT2D eigenvalue weighted by atomic mass is 10.0. The maximum absolute atomic E-state index is 12.4. The number of hydrogen-bond donors (Lipinski definition) is 1. The molecule has 0 aliphatic rings. The summed E-state index contributed by atoms with van der Waals surface area (Å²) < 4.78 is 31.8. The summed E-state index contributed by atoms with van der Waals surface area (Å²) in [6, 6.07) is 0. The van der Waals surface area contributed by atoms with Gasteiger partial charge in [-0.2, -0.15) is 0 Å². The Hall–Kier alpha value is -1.21. The van der Waals surface area contributed by atoms with Crippen LogP contribution in [-0.4, -0.2) is 43.3 Å². The Morgan fingerprint density at radius 2 is 1.00 bits per heavy atom. The lowest BCUT2D eigenvalue weighted by Gasteiger charge is -2.19. The lowest BCUT2D eigenvalue weighted by molar-refractivity contribution is -0.161. The SMILES string of the molecule is CCCC/C=C\CCCCCCCC(=O)OC(COC(=O)CCCCCCCCCCCCCCCCCC)COP(=O)(O)OC. The molecule has 0 rings (SSSR count). The van der Waals surface area contributed by atoms with Crippen molar-refractivity contribution in [1.29, 1.82) is 0 Å². The number of esters is 2. The molecular formula is C37H71O8P. The van der Waals surface area contributed by atoms with E-state index >= 15 is 0 Å². The molecule has 0 saturated heterocycles. The van der Waals surface area contributed by atoms with E-state index in [1.165, 1.54) is 96.3 Å². The molecule has 272 valence electrons. The summed E-state index contributed by atoms with van der Waals surface area (Å²) in [6.45, 7) is 3.84. The molecule has 2 atom stereocenters. The van der Waals surface area contributed by atoms with Crippen molar-refractivity contribution in [3.8, 4) is 0 Å². The quantitative estimate of drug-likeness (QED) is 0.0306. The fourth-order valence-electron chi connectivity index (χ4n) is 5.29. The van der Waals surface area contributed by atoms with Gasteiger partial charge in [0.25, 0.3) is 0 Å². The second kappa shape index (κ2) is 33.7. The molecule has 0 heterocycles. The van der Waals surface area contributed by atoms with Crippen molar-refractivity contribution in [3.63, 3.8) is 0 Å². The Kier molecular flexibility index (Phi) is 32.8. The van der Waals surface area contributed by atoms with Crippen molar-refractivity contribution in [1.82, 2.24) is 0 Å². The summed E-state index contributed by atoms with van der Waals surface area (Å²) in [4.78, 5) is 34.3. The Morgan fingerprint density at radius 3 is 1.48 bits per heavy atom. The summed E-state index contributed by atoms with van der Waals surface area (Å²) >= 11 is 0. The van der Waals surface area contributed by atoms with E-state index in [9.17, 15) is 19.0 Å². The fraction of sp³-hybridized carbons (Fsp3) is 0.892. The third-order valence-electron chi connectivity index (χ3n) is 8.26. The Labute approximate surface area is 282 Å². The molecule has 8 nitrogen and oxygen atoms in total. The van der Waals surface area contributed by atoms with Crippen molar-refractivity contribution in [2.45, 2.75) is 193 Å². The monoisotopic (exact) mass is 674 g/mol. The van der Waals surface area contributed by atoms with Crippen molar-refractivity contribution in [2.24, 2.45) is 0 Å². The number of ether oxygens (including phenoxy) is 2. The largest absolute Gasteiger partial charge is 0.472 e. The number of hydrogen-bond acceptors (Lipinski definition) is 7. The molecule has 0 aromatic carbocycles. The highest BCUT2D eigenvalue weighted by Gasteiger charge is 2.24. The zero-order valence-electron chi connectivity index (χ0n) is 30.0. The van der Waals surface area contributed by atoms with E-state index in [4.69, 9.17) is 14.0 Å². The number of phosphoric acid groups is 1. The summed E-state index contributed by atoms with van der Waals surface area (Å²) in [7, 11) is -3.19. The number of phosphoric ester groups is 1. The van der Waals surface area contributed by atoms with Crippen LogP contribution in [0, 0.1) is 0 Å². The van der Waals surface area contributed by atoms with Crippen molar-refractivity contribution >= 4 is 19.8 Å². The molecule has 2 unspecified atom stereocenters. The van der Waals surface area contributed by atoms with E-state index in [1.54, 1.807) is 0 Å². The zero-order chi connectivity index (χ0) is 34.0. The highest BCUT2D eigenvalue weighted by atomic mass is 31.2. The number of rotatable bonds is 35. The molecule has 0 fully saturated rings. The van der Waals surface area contributed by atoms with Gasteiger partial charge >= 0.3 is 19.8 Å². The first kappa shape index (κ1) is 44.8. The molecule has 0 bridgehead atoms. The Morgan fingerprint density at radius 1 is 0.587 bits per heavy atom. The van der Waals surface area contributed by atoms with Gasteiger partial charge in [-0.3, -0.25) is 18.6 Å². The van der Waals surface area contributed by atoms with Crippen LogP contribution in [0.5, 0.6) is 0 Å². The van der Waals surface area contributed by atoms with Crippen LogP contribution in [0.4, 0.5) is 0 Å². The van der Waals surface area contributed by atoms with Gasteiger partial charge in [-0.1, -0.05) is 154 Å². The van der Waals surface area contributed by atoms with E-state index in [1.807, 2.05) is 0 Å². The van der Waals surface area contributed by atoms with Gasteiger partial charge in [0.05, 0.1) is 6.61 Å². The molecule has 0 saturated carbocycles. The van der Waals surface area contributed by atoms with E-state index in [-0.39, 0.29) is 19.0 Å². The van der Waals surface area contributed by atoms with Crippen LogP contribution < -0.4 is 0 Å². The van der Waals surface area contributed by atoms with Crippen LogP contribution in [0.1, 0.15) is 187 Å². The van der Waals surface area contributed by atoms with Gasteiger partial charge in [0.15, 0.2) is 6.10 Å². The lowest BCUT2D eigenvalue weighted by Crippen LogP contribution is -2.29. The number of carbonyl (C=O) groups excluding carboxylic acids is 2. The van der Waals surface area contributed by atoms with Gasteiger partial charge in [-0.15, -0.1) is 0 Å². The van der Waals surface area contributed by atoms with E-state index in [0.29, 0.717) is 12.8 Å². The Bertz CT molecular complexity index is 772. The van der Waals surface area contributed by atoms with Crippen LogP contribution in [0.2, 0.25) is 0 Å². The maximum Gasteiger partial charge on any atom is 0.472 e. The van der Waals surface area contributed by atoms with Gasteiger partial charge in [-0.05, 0) is 32.1 Å². The van der Waals surface area contributed by atoms with Gasteiger partial charge < -0.3 is 14.4 Å². The molecule has 1 N–H and O–H groups in total. The van der Waals surface area contributed by atoms with Gasteiger partial charge in [0, 0.05) is 20.0 Å². The Balaban J connectivity index is 4.01. The molecule has 0 aromatic rings. The minimum atomic E-state index is -4.25. The van der Waals surface area contributed by atoms with E-state index in [2.05, 4.69) is 30.5 Å². The highest BCUT2D eigenvalue weighted by Crippen LogP contribution is 2.42. The van der Waals surface area contributed by atoms with Crippen LogP contribution in [0.3, 0.4) is 0 Å². The number of allylic oxidation sites excluding steroid dienone is 2. The van der Waals surface area contributed by atoms with E-state index < -0.39 is 26.5 Å². The van der Waals surface area contributed by atoms with E-state index in [0.717, 1.165) is 64.9 Å². The first-order valence-electron chi connectivity index (χ1n) is 18.9. The minimum absolute atomic E-state index is 0.223. The summed E-state index contributed by atoms with van der Waals surface area (Å²) in [5, 5.41) is 0. The smallest absolute Gasteiger partial charge is 0.462 e. The fourth-order valence-corrected chi connectivity index (χ4v) is 5.75. The molecule has 9 heteroatoms. The third kappa shape index (κ3) is 32.7. The first-order valence-corrected chi connectivity index (χ1v) is 20.4. The van der Waals surface area contributed by atoms with Crippen molar-refractivity contribution < 1.29 is 37.6 Å². The average Bonchev–Trinajstić information content (AvgIpc) is 3.04. The van der Waals surface area contributed by atoms with Crippen LogP contribution in [0.15, 0.2) is 12.2 Å². The van der Waals surface area contributed by atoms with Crippen molar-refractivity contribution in [2.75, 3.05) is 20.3 Å². The van der Waals surface area contributed by atoms with Crippen LogP contribution in [0.25, 0.3) is 0 Å². The van der Waals surface area contributed by atoms with Crippen molar-refractivity contribution in [3.05, 3.63) is 12.2 Å². The predicted octanol–water partition coefficient (Wildman–Crippen LogP) is 11.3. The number of carbonyl (C=O) groups is 2. The predicted molar refractivity (Wildman–Crippen MR) is 189 cm³/mol. The minimum Gasteiger partial charge on any atom is -0.462 e. The summed E-state index contributed by atoms with van der Waals surface area (Å²) in [6.07, 6.45) is 34.1. The molecular weight excluding hydrogens is 603 g/mol. The zero-order valence-corrected chi connectivity index (χ0v) is 30.9.